The number of ether oxygens (including phenoxy) is 14. The molecule has 0 aromatic carbocycles. The summed E-state index contributed by atoms with van der Waals surface area (Å²) in [5.74, 6) is 0. The zero-order valence-corrected chi connectivity index (χ0v) is 42.1. The van der Waals surface area contributed by atoms with E-state index >= 15 is 0 Å². The fourth-order valence-corrected chi connectivity index (χ4v) is 10.5. The van der Waals surface area contributed by atoms with Crippen molar-refractivity contribution in [1.29, 1.82) is 0 Å². The Kier molecular flexibility index (Phi) is 23.4. The van der Waals surface area contributed by atoms with Crippen LogP contribution in [0.15, 0.2) is 0 Å². The molecule has 0 saturated carbocycles. The molecule has 0 radical (unpaired) electrons. The van der Waals surface area contributed by atoms with Gasteiger partial charge in [0.05, 0.1) is 39.6 Å². The molecule has 39 heteroatoms. The molecular weight excluding hydrogens is 1120 g/mol. The van der Waals surface area contributed by atoms with Crippen LogP contribution in [-0.2, 0) is 66.3 Å². The van der Waals surface area contributed by atoms with Crippen molar-refractivity contribution in [2.24, 2.45) is 5.73 Å². The Hall–Kier alpha value is -2.20. The first-order chi connectivity index (χ1) is 38.4. The number of nitrogens with zero attached hydrogens (tertiary/aromatic N) is 1. The Bertz CT molecular complexity index is 1580. The van der Waals surface area contributed by atoms with Crippen LogP contribution in [0.3, 0.4) is 0 Å². The van der Waals surface area contributed by atoms with Gasteiger partial charge in [-0.3, -0.25) is 0 Å². The Morgan fingerprint density at radius 3 is 0.519 bits per heavy atom. The monoisotopic (exact) mass is 1200 g/mol. The summed E-state index contributed by atoms with van der Waals surface area (Å²) in [5, 5.41) is 234. The number of aliphatic hydroxyl groups excluding tert-OH is 20. The minimum absolute atomic E-state index is 0.547. The van der Waals surface area contributed by atoms with Gasteiger partial charge in [-0.15, -0.1) is 10.1 Å². The summed E-state index contributed by atoms with van der Waals surface area (Å²) in [4.78, 5) is 8.36. The lowest BCUT2D eigenvalue weighted by Gasteiger charge is -2.50. The molecule has 14 bridgehead atoms. The van der Waals surface area contributed by atoms with E-state index in [1.165, 1.54) is 0 Å². The standard InChI is InChI=1S/C42H71NO34.HNO3/c43-1-8-29-15(50)22(57)36(64-8)72-30-9(2-44)66-38(24(59)17(30)52)74-32-11(4-46)68-40(26(61)19(32)54)76-34-13(6-48)70-42(28(63)21(34)56)77-35-14(7-49)69-41(27(62)20(35)55)75-33-12(5-47)67-39(25(60)18(33)53)73-31-10(3-45)65-37(71-29)23(58)16(31)51;2-1(3)4/h8-42,44-63H,1-7,43H2;(H,2,3,4)/t8-,9-,10-,11-,12-,13-,14-,15-,16-,17-,18-,19-,20-,21-,22-,23-,24-,25-,26-,27-,28-,29-,30-,31-,32-,33-,34-,35-,36-,37-,38-,39-,40-,41-,42-;/m1./s1. The zero-order valence-electron chi connectivity index (χ0n) is 42.1. The van der Waals surface area contributed by atoms with Crippen LogP contribution in [0.1, 0.15) is 0 Å². The smallest absolute Gasteiger partial charge is 0.291 e. The SMILES string of the molecule is NC[C@H]1O[C@@H]2O[C@H]3[C@H](O)[C@@H](O)[C@@H](O[C@H]4[C@H](O)[C@@H](O)[C@@H](O[C@H]5[C@H](O)[C@@H](O)[C@@H](O[C@H]6[C@H](O)[C@@H](O)[C@@H](O[C@H]7[C@H](O)[C@@H](O)[C@@H](O[C@H]8[C@H](O)[C@@H](O)[C@@H](O[C@H]1[C@H](O)[C@H]2O)O[C@@H]8CO)O[C@@H]7CO)O[C@@H]6CO)O[C@@H]5CO)O[C@@H]4CO)O[C@@H]3CO.O=[N+]([O-])O. The first-order valence-electron chi connectivity index (χ1n) is 25.3. The second-order valence-electron chi connectivity index (χ2n) is 19.9. The minimum Gasteiger partial charge on any atom is -0.394 e. The van der Waals surface area contributed by atoms with E-state index in [1.54, 1.807) is 0 Å². The Balaban J connectivity index is 0.00000229. The summed E-state index contributed by atoms with van der Waals surface area (Å²) >= 11 is 0. The van der Waals surface area contributed by atoms with Gasteiger partial charge >= 0.3 is 0 Å². The van der Waals surface area contributed by atoms with Crippen LogP contribution in [0.4, 0.5) is 0 Å². The van der Waals surface area contributed by atoms with Crippen molar-refractivity contribution >= 4 is 0 Å². The quantitative estimate of drug-likeness (QED) is 0.0831. The average molecular weight is 1200 g/mol. The molecule has 0 aromatic rings. The van der Waals surface area contributed by atoms with E-state index in [4.69, 9.17) is 87.4 Å². The fourth-order valence-electron chi connectivity index (χ4n) is 10.5. The van der Waals surface area contributed by atoms with Gasteiger partial charge in [0.1, 0.15) is 171 Å². The first-order valence-corrected chi connectivity index (χ1v) is 25.3. The molecule has 23 N–H and O–H groups in total. The largest absolute Gasteiger partial charge is 0.394 e. The molecule has 81 heavy (non-hydrogen) atoms. The summed E-state index contributed by atoms with van der Waals surface area (Å²) in [6.07, 6.45) is -69.2. The van der Waals surface area contributed by atoms with Crippen molar-refractivity contribution in [3.8, 4) is 0 Å². The van der Waals surface area contributed by atoms with Gasteiger partial charge in [0.25, 0.3) is 5.09 Å². The van der Waals surface area contributed by atoms with E-state index < -0.39 is 266 Å². The molecule has 0 unspecified atom stereocenters. The highest BCUT2D eigenvalue weighted by Crippen LogP contribution is 2.39. The number of hydrogen-bond acceptors (Lipinski definition) is 37. The molecular formula is C42H72N2O37. The molecule has 21 aliphatic rings. The van der Waals surface area contributed by atoms with E-state index in [-0.39, 0.29) is 0 Å². The zero-order chi connectivity index (χ0) is 59.6. The lowest BCUT2D eigenvalue weighted by Crippen LogP contribution is -2.68. The summed E-state index contributed by atoms with van der Waals surface area (Å²) in [6, 6.07) is 0. The van der Waals surface area contributed by atoms with Crippen LogP contribution in [0.25, 0.3) is 0 Å². The summed E-state index contributed by atoms with van der Waals surface area (Å²) in [6.45, 7) is -6.75. The van der Waals surface area contributed by atoms with Crippen molar-refractivity contribution in [2.45, 2.75) is 215 Å². The molecule has 35 atom stereocenters. The molecule has 21 rings (SSSR count). The van der Waals surface area contributed by atoms with Gasteiger partial charge in [0.2, 0.25) is 0 Å². The topological polar surface area (TPSA) is 623 Å². The molecule has 21 aliphatic heterocycles. The predicted molar refractivity (Wildman–Crippen MR) is 239 cm³/mol. The molecule has 472 valence electrons. The second-order valence-corrected chi connectivity index (χ2v) is 19.9. The molecule has 21 heterocycles. The molecule has 0 aliphatic carbocycles. The molecule has 21 saturated heterocycles. The third kappa shape index (κ3) is 13.8. The van der Waals surface area contributed by atoms with E-state index in [0.717, 1.165) is 0 Å². The van der Waals surface area contributed by atoms with Crippen LogP contribution in [0, 0.1) is 10.1 Å². The van der Waals surface area contributed by atoms with Crippen molar-refractivity contribution < 1.29 is 179 Å². The lowest BCUT2D eigenvalue weighted by molar-refractivity contribution is -0.742. The van der Waals surface area contributed by atoms with E-state index in [1.807, 2.05) is 0 Å². The highest BCUT2D eigenvalue weighted by Gasteiger charge is 2.59. The summed E-state index contributed by atoms with van der Waals surface area (Å²) in [7, 11) is 0. The Labute approximate surface area is 455 Å². The molecule has 0 aromatic heterocycles. The predicted octanol–water partition coefficient (Wildman–Crippen LogP) is -15.6. The molecule has 0 amide bonds. The van der Waals surface area contributed by atoms with Gasteiger partial charge in [0.15, 0.2) is 44.0 Å². The van der Waals surface area contributed by atoms with Gasteiger partial charge in [-0.05, 0) is 0 Å². The van der Waals surface area contributed by atoms with E-state index in [2.05, 4.69) is 0 Å². The highest BCUT2D eigenvalue weighted by atomic mass is 16.9. The molecule has 0 spiro atoms. The van der Waals surface area contributed by atoms with Crippen LogP contribution in [0.2, 0.25) is 0 Å². The third-order valence-corrected chi connectivity index (χ3v) is 14.8. The summed E-state index contributed by atoms with van der Waals surface area (Å²) in [5.41, 5.74) is 5.94. The first kappa shape index (κ1) is 66.3. The van der Waals surface area contributed by atoms with E-state index in [0.29, 0.717) is 0 Å². The maximum absolute atomic E-state index is 11.4. The average Bonchev–Trinajstić information content (AvgIpc) is 3.65. The van der Waals surface area contributed by atoms with Crippen molar-refractivity contribution in [2.75, 3.05) is 46.2 Å². The van der Waals surface area contributed by atoms with Gasteiger partial charge < -0.3 is 179 Å². The van der Waals surface area contributed by atoms with Crippen LogP contribution in [0.5, 0.6) is 0 Å². The van der Waals surface area contributed by atoms with Gasteiger partial charge in [-0.2, -0.15) is 0 Å². The molecule has 39 nitrogen and oxygen atoms in total. The summed E-state index contributed by atoms with van der Waals surface area (Å²) < 4.78 is 79.9. The number of aliphatic hydroxyl groups is 20. The number of rotatable bonds is 7. The molecule has 21 fully saturated rings. The maximum Gasteiger partial charge on any atom is 0.291 e. The van der Waals surface area contributed by atoms with Crippen molar-refractivity contribution in [3.63, 3.8) is 0 Å². The van der Waals surface area contributed by atoms with Crippen LogP contribution >= 0.6 is 0 Å². The van der Waals surface area contributed by atoms with Crippen molar-refractivity contribution in [3.05, 3.63) is 10.1 Å². The van der Waals surface area contributed by atoms with Gasteiger partial charge in [-0.1, -0.05) is 0 Å². The second kappa shape index (κ2) is 28.5. The number of nitrogens with two attached hydrogens (primary N) is 1. The lowest BCUT2D eigenvalue weighted by atomic mass is 9.95. The highest BCUT2D eigenvalue weighted by molar-refractivity contribution is 5.02. The van der Waals surface area contributed by atoms with Gasteiger partial charge in [0, 0.05) is 6.54 Å². The Morgan fingerprint density at radius 2 is 0.395 bits per heavy atom. The fraction of sp³-hybridized carbons (Fsp3) is 1.00. The minimum atomic E-state index is -2.20. The number of hydrogen-bond donors (Lipinski definition) is 22. The van der Waals surface area contributed by atoms with Crippen molar-refractivity contribution in [1.82, 2.24) is 0 Å². The van der Waals surface area contributed by atoms with Crippen LogP contribution in [-0.4, -0.2) is 374 Å². The van der Waals surface area contributed by atoms with Crippen LogP contribution < -0.4 is 5.73 Å². The van der Waals surface area contributed by atoms with Gasteiger partial charge in [-0.25, -0.2) is 0 Å². The van der Waals surface area contributed by atoms with E-state index in [9.17, 15) is 102 Å². The maximum atomic E-state index is 11.4. The normalized spacial score (nSPS) is 52.9. The Morgan fingerprint density at radius 1 is 0.272 bits per heavy atom. The third-order valence-electron chi connectivity index (χ3n) is 14.8.